The number of anilines is 1. The Morgan fingerprint density at radius 3 is 2.85 bits per heavy atom. The van der Waals surface area contributed by atoms with Crippen LogP contribution in [-0.2, 0) is 12.8 Å². The quantitative estimate of drug-likeness (QED) is 0.661. The maximum absolute atomic E-state index is 5.62. The first-order valence-corrected chi connectivity index (χ1v) is 7.74. The van der Waals surface area contributed by atoms with Crippen molar-refractivity contribution in [3.8, 4) is 0 Å². The SMILES string of the molecule is NCCCNc1c2c(nc3ccccc13)CCCCC2. The number of benzene rings is 1. The highest BCUT2D eigenvalue weighted by Gasteiger charge is 2.16. The number of para-hydroxylation sites is 1. The lowest BCUT2D eigenvalue weighted by Crippen LogP contribution is -2.11. The van der Waals surface area contributed by atoms with E-state index in [-0.39, 0.29) is 0 Å². The third-order valence-electron chi connectivity index (χ3n) is 4.10. The number of fused-ring (bicyclic) bond motifs is 2. The molecule has 0 fully saturated rings. The van der Waals surface area contributed by atoms with Crippen LogP contribution in [0.25, 0.3) is 10.9 Å². The number of pyridine rings is 1. The lowest BCUT2D eigenvalue weighted by molar-refractivity contribution is 0.709. The maximum atomic E-state index is 5.62. The predicted molar refractivity (Wildman–Crippen MR) is 85.2 cm³/mol. The normalized spacial score (nSPS) is 14.8. The smallest absolute Gasteiger partial charge is 0.0726 e. The molecule has 0 saturated heterocycles. The predicted octanol–water partition coefficient (Wildman–Crippen LogP) is 3.26. The van der Waals surface area contributed by atoms with E-state index < -0.39 is 0 Å². The van der Waals surface area contributed by atoms with Crippen molar-refractivity contribution in [2.24, 2.45) is 5.73 Å². The fraction of sp³-hybridized carbons (Fsp3) is 0.471. The number of rotatable bonds is 4. The number of nitrogens with one attached hydrogen (secondary N) is 1. The summed E-state index contributed by atoms with van der Waals surface area (Å²) in [7, 11) is 0. The molecule has 3 rings (SSSR count). The van der Waals surface area contributed by atoms with Crippen molar-refractivity contribution < 1.29 is 0 Å². The molecule has 0 saturated carbocycles. The molecule has 2 aromatic rings. The van der Waals surface area contributed by atoms with Crippen molar-refractivity contribution in [3.05, 3.63) is 35.5 Å². The van der Waals surface area contributed by atoms with E-state index in [9.17, 15) is 0 Å². The van der Waals surface area contributed by atoms with Crippen LogP contribution in [0.15, 0.2) is 24.3 Å². The Morgan fingerprint density at radius 2 is 1.95 bits per heavy atom. The summed E-state index contributed by atoms with van der Waals surface area (Å²) in [6.45, 7) is 1.68. The van der Waals surface area contributed by atoms with Crippen molar-refractivity contribution in [3.63, 3.8) is 0 Å². The molecule has 0 bridgehead atoms. The van der Waals surface area contributed by atoms with Crippen LogP contribution in [0.1, 0.15) is 36.9 Å². The largest absolute Gasteiger partial charge is 0.384 e. The molecule has 20 heavy (non-hydrogen) atoms. The Hall–Kier alpha value is -1.61. The molecule has 3 N–H and O–H groups in total. The molecule has 1 aromatic heterocycles. The van der Waals surface area contributed by atoms with Gasteiger partial charge in [-0.3, -0.25) is 4.98 Å². The van der Waals surface area contributed by atoms with Gasteiger partial charge >= 0.3 is 0 Å². The number of aryl methyl sites for hydroxylation is 1. The van der Waals surface area contributed by atoms with Gasteiger partial charge in [0.15, 0.2) is 0 Å². The second-order valence-electron chi connectivity index (χ2n) is 5.56. The van der Waals surface area contributed by atoms with Gasteiger partial charge in [0.1, 0.15) is 0 Å². The first-order valence-electron chi connectivity index (χ1n) is 7.74. The zero-order valence-electron chi connectivity index (χ0n) is 12.0. The maximum Gasteiger partial charge on any atom is 0.0726 e. The van der Waals surface area contributed by atoms with Gasteiger partial charge in [0.2, 0.25) is 0 Å². The van der Waals surface area contributed by atoms with E-state index in [0.29, 0.717) is 0 Å². The summed E-state index contributed by atoms with van der Waals surface area (Å²) in [5.41, 5.74) is 10.8. The molecule has 3 nitrogen and oxygen atoms in total. The van der Waals surface area contributed by atoms with Crippen molar-refractivity contribution in [2.45, 2.75) is 38.5 Å². The van der Waals surface area contributed by atoms with Crippen LogP contribution < -0.4 is 11.1 Å². The molecule has 0 atom stereocenters. The summed E-state index contributed by atoms with van der Waals surface area (Å²) in [4.78, 5) is 4.90. The Labute approximate surface area is 120 Å². The minimum atomic E-state index is 0.734. The van der Waals surface area contributed by atoms with E-state index >= 15 is 0 Å². The van der Waals surface area contributed by atoms with Gasteiger partial charge in [-0.15, -0.1) is 0 Å². The standard InChI is InChI=1S/C17H23N3/c18-11-6-12-19-17-13-7-2-1-3-9-15(13)20-16-10-5-4-8-14(16)17/h4-5,8,10H,1-3,6-7,9,11-12,18H2,(H,19,20). The van der Waals surface area contributed by atoms with Crippen molar-refractivity contribution >= 4 is 16.6 Å². The van der Waals surface area contributed by atoms with Gasteiger partial charge in [-0.2, -0.15) is 0 Å². The fourth-order valence-corrected chi connectivity index (χ4v) is 3.07. The van der Waals surface area contributed by atoms with Gasteiger partial charge < -0.3 is 11.1 Å². The summed E-state index contributed by atoms with van der Waals surface area (Å²) in [6.07, 6.45) is 7.13. The second-order valence-corrected chi connectivity index (χ2v) is 5.56. The van der Waals surface area contributed by atoms with E-state index in [0.717, 1.165) is 37.9 Å². The number of hydrogen-bond donors (Lipinski definition) is 2. The van der Waals surface area contributed by atoms with E-state index in [4.69, 9.17) is 10.7 Å². The van der Waals surface area contributed by atoms with Crippen molar-refractivity contribution in [1.29, 1.82) is 0 Å². The highest BCUT2D eigenvalue weighted by atomic mass is 14.9. The van der Waals surface area contributed by atoms with Gasteiger partial charge in [-0.25, -0.2) is 0 Å². The molecule has 0 radical (unpaired) electrons. The molecule has 3 heteroatoms. The summed E-state index contributed by atoms with van der Waals surface area (Å²) < 4.78 is 0. The van der Waals surface area contributed by atoms with E-state index in [2.05, 4.69) is 29.6 Å². The molecule has 1 aliphatic rings. The molecule has 1 aliphatic carbocycles. The van der Waals surface area contributed by atoms with Crippen LogP contribution in [0.4, 0.5) is 5.69 Å². The molecule has 0 amide bonds. The molecule has 0 unspecified atom stereocenters. The van der Waals surface area contributed by atoms with Crippen LogP contribution in [0.3, 0.4) is 0 Å². The van der Waals surface area contributed by atoms with Crippen molar-refractivity contribution in [1.82, 2.24) is 4.98 Å². The third-order valence-corrected chi connectivity index (χ3v) is 4.10. The van der Waals surface area contributed by atoms with Crippen LogP contribution in [0, 0.1) is 0 Å². The average Bonchev–Trinajstić information content (AvgIpc) is 2.72. The van der Waals surface area contributed by atoms with E-state index in [1.807, 2.05) is 0 Å². The fourth-order valence-electron chi connectivity index (χ4n) is 3.07. The first kappa shape index (κ1) is 13.4. The summed E-state index contributed by atoms with van der Waals surface area (Å²) in [6, 6.07) is 8.47. The van der Waals surface area contributed by atoms with Crippen LogP contribution >= 0.6 is 0 Å². The highest BCUT2D eigenvalue weighted by Crippen LogP contribution is 2.32. The topological polar surface area (TPSA) is 50.9 Å². The minimum absolute atomic E-state index is 0.734. The zero-order chi connectivity index (χ0) is 13.8. The van der Waals surface area contributed by atoms with Gasteiger partial charge in [0.05, 0.1) is 5.52 Å². The molecule has 1 aromatic carbocycles. The monoisotopic (exact) mass is 269 g/mol. The number of nitrogens with zero attached hydrogens (tertiary/aromatic N) is 1. The van der Waals surface area contributed by atoms with Gasteiger partial charge in [0, 0.05) is 23.3 Å². The molecular weight excluding hydrogens is 246 g/mol. The average molecular weight is 269 g/mol. The molecule has 0 aliphatic heterocycles. The third kappa shape index (κ3) is 2.63. The van der Waals surface area contributed by atoms with Gasteiger partial charge in [-0.1, -0.05) is 24.6 Å². The number of aromatic nitrogens is 1. The highest BCUT2D eigenvalue weighted by molar-refractivity contribution is 5.93. The Morgan fingerprint density at radius 1 is 1.10 bits per heavy atom. The lowest BCUT2D eigenvalue weighted by Gasteiger charge is -2.17. The summed E-state index contributed by atoms with van der Waals surface area (Å²) in [5, 5.41) is 4.88. The van der Waals surface area contributed by atoms with Gasteiger partial charge in [0.25, 0.3) is 0 Å². The second kappa shape index (κ2) is 6.23. The molecule has 1 heterocycles. The summed E-state index contributed by atoms with van der Waals surface area (Å²) in [5.74, 6) is 0. The minimum Gasteiger partial charge on any atom is -0.384 e. The van der Waals surface area contributed by atoms with Gasteiger partial charge in [-0.05, 0) is 50.3 Å². The molecule has 106 valence electrons. The van der Waals surface area contributed by atoms with Crippen molar-refractivity contribution in [2.75, 3.05) is 18.4 Å². The van der Waals surface area contributed by atoms with Crippen LogP contribution in [-0.4, -0.2) is 18.1 Å². The van der Waals surface area contributed by atoms with E-state index in [1.165, 1.54) is 41.6 Å². The Kier molecular flexibility index (Phi) is 4.16. The number of hydrogen-bond acceptors (Lipinski definition) is 3. The van der Waals surface area contributed by atoms with E-state index in [1.54, 1.807) is 0 Å². The molecular formula is C17H23N3. The lowest BCUT2D eigenvalue weighted by atomic mass is 10.0. The van der Waals surface area contributed by atoms with Crippen LogP contribution in [0.5, 0.6) is 0 Å². The summed E-state index contributed by atoms with van der Waals surface area (Å²) >= 11 is 0. The van der Waals surface area contributed by atoms with Crippen LogP contribution in [0.2, 0.25) is 0 Å². The molecule has 0 spiro atoms. The zero-order valence-corrected chi connectivity index (χ0v) is 12.0. The Bertz CT molecular complexity index is 592. The Balaban J connectivity index is 2.08. The first-order chi connectivity index (χ1) is 9.90. The number of nitrogens with two attached hydrogens (primary N) is 1.